The zero-order chi connectivity index (χ0) is 33.5. The van der Waals surface area contributed by atoms with E-state index >= 15 is 0 Å². The molecule has 3 aliphatic rings. The summed E-state index contributed by atoms with van der Waals surface area (Å²) in [6.07, 6.45) is 8.28. The number of para-hydroxylation sites is 1. The van der Waals surface area contributed by atoms with Gasteiger partial charge in [-0.25, -0.2) is 9.78 Å². The molecule has 2 fully saturated rings. The van der Waals surface area contributed by atoms with Crippen LogP contribution < -0.4 is 11.1 Å². The van der Waals surface area contributed by atoms with Gasteiger partial charge in [-0.2, -0.15) is 10.1 Å². The first-order valence-corrected chi connectivity index (χ1v) is 16.9. The smallest absolute Gasteiger partial charge is 0.332 e. The number of methoxy groups -OCH3 is 1. The normalized spacial score (nSPS) is 21.4. The van der Waals surface area contributed by atoms with Crippen molar-refractivity contribution in [3.05, 3.63) is 77.5 Å². The molecule has 4 aromatic rings. The van der Waals surface area contributed by atoms with Crippen molar-refractivity contribution in [3.8, 4) is 0 Å². The van der Waals surface area contributed by atoms with E-state index in [-0.39, 0.29) is 43.1 Å². The standard InChI is InChI=1S/C34H39N9O4S/c1-20(2)43(34(46)36-15-21-7-10-25(47-3)11-8-21)41-19-30(44)42-27(14-22-9-12-26-24(13-22)16-37-39-26)32(45)40(18-29(41)42)17-23-5-4-6-28-31(23)38-33(35)48-28/h4-10,12-13,16,20,25,27,29H,11,14-15,17-19H2,1-3H3,(H2,35,38)(H,36,46)(H,37,39)/t25?,27-,29+/m0/s1. The molecule has 0 spiro atoms. The Labute approximate surface area is 282 Å². The Hall–Kier alpha value is -4.79. The number of hydrazine groups is 1. The van der Waals surface area contributed by atoms with Gasteiger partial charge in [-0.05, 0) is 55.2 Å². The molecule has 0 saturated carbocycles. The minimum absolute atomic E-state index is 0.0228. The average molecular weight is 670 g/mol. The fourth-order valence-electron chi connectivity index (χ4n) is 6.92. The minimum atomic E-state index is -0.770. The summed E-state index contributed by atoms with van der Waals surface area (Å²) >= 11 is 1.40. The number of nitrogens with two attached hydrogens (primary N) is 1. The van der Waals surface area contributed by atoms with Crippen LogP contribution in [0.25, 0.3) is 21.1 Å². The molecule has 2 aromatic carbocycles. The van der Waals surface area contributed by atoms with Crippen molar-refractivity contribution in [3.63, 3.8) is 0 Å². The van der Waals surface area contributed by atoms with Gasteiger partial charge in [0.2, 0.25) is 11.8 Å². The number of fused-ring (bicyclic) bond motifs is 3. The molecule has 48 heavy (non-hydrogen) atoms. The number of nitrogens with zero attached hydrogens (tertiary/aromatic N) is 6. The number of carbonyl (C=O) groups is 3. The van der Waals surface area contributed by atoms with Gasteiger partial charge in [-0.15, -0.1) is 0 Å². The maximum absolute atomic E-state index is 14.4. The van der Waals surface area contributed by atoms with Gasteiger partial charge in [0.1, 0.15) is 12.2 Å². The second-order valence-corrected chi connectivity index (χ2v) is 13.7. The lowest BCUT2D eigenvalue weighted by Gasteiger charge is -2.47. The lowest BCUT2D eigenvalue weighted by molar-refractivity contribution is -0.158. The second kappa shape index (κ2) is 13.0. The molecule has 1 aliphatic carbocycles. The maximum atomic E-state index is 14.4. The Morgan fingerprint density at radius 1 is 1.25 bits per heavy atom. The molecule has 250 valence electrons. The van der Waals surface area contributed by atoms with E-state index in [1.54, 1.807) is 28.1 Å². The zero-order valence-electron chi connectivity index (χ0n) is 27.1. The Balaban J connectivity index is 1.19. The van der Waals surface area contributed by atoms with Gasteiger partial charge in [0.05, 0.1) is 41.1 Å². The molecule has 0 bridgehead atoms. The first-order valence-electron chi connectivity index (χ1n) is 16.1. The molecule has 7 rings (SSSR count). The molecule has 2 aromatic heterocycles. The topological polar surface area (TPSA) is 153 Å². The number of anilines is 1. The number of rotatable bonds is 9. The Bertz CT molecular complexity index is 1930. The molecule has 4 amide bonds. The average Bonchev–Trinajstić information content (AvgIpc) is 3.78. The van der Waals surface area contributed by atoms with Crippen LogP contribution in [0.5, 0.6) is 0 Å². The summed E-state index contributed by atoms with van der Waals surface area (Å²) in [5, 5.41) is 15.0. The van der Waals surface area contributed by atoms with Crippen LogP contribution in [0.3, 0.4) is 0 Å². The number of amides is 4. The van der Waals surface area contributed by atoms with E-state index in [9.17, 15) is 14.4 Å². The zero-order valence-corrected chi connectivity index (χ0v) is 27.9. The largest absolute Gasteiger partial charge is 0.377 e. The number of benzene rings is 2. The van der Waals surface area contributed by atoms with Crippen LogP contribution in [0.15, 0.2) is 66.4 Å². The van der Waals surface area contributed by atoms with Crippen LogP contribution in [0.1, 0.15) is 31.4 Å². The van der Waals surface area contributed by atoms with E-state index in [4.69, 9.17) is 10.5 Å². The highest BCUT2D eigenvalue weighted by Crippen LogP contribution is 2.33. The Kier molecular flexibility index (Phi) is 8.62. The van der Waals surface area contributed by atoms with Crippen molar-refractivity contribution >= 4 is 55.4 Å². The van der Waals surface area contributed by atoms with Gasteiger partial charge in [0, 0.05) is 38.0 Å². The lowest BCUT2D eigenvalue weighted by atomic mass is 9.99. The highest BCUT2D eigenvalue weighted by molar-refractivity contribution is 7.22. The number of nitrogen functional groups attached to an aromatic ring is 1. The predicted octanol–water partition coefficient (Wildman–Crippen LogP) is 3.41. The molecular formula is C34H39N9O4S. The first-order chi connectivity index (χ1) is 23.2. The van der Waals surface area contributed by atoms with Gasteiger partial charge in [0.25, 0.3) is 0 Å². The number of carbonyl (C=O) groups excluding carboxylic acids is 3. The summed E-state index contributed by atoms with van der Waals surface area (Å²) in [5.41, 5.74) is 10.5. The molecule has 2 aliphatic heterocycles. The van der Waals surface area contributed by atoms with Gasteiger partial charge >= 0.3 is 6.03 Å². The number of H-pyrrole nitrogens is 1. The third kappa shape index (κ3) is 6.02. The number of hydrogen-bond acceptors (Lipinski definition) is 9. The van der Waals surface area contributed by atoms with Gasteiger partial charge in [-0.1, -0.05) is 47.8 Å². The number of urea groups is 1. The summed E-state index contributed by atoms with van der Waals surface area (Å²) in [5.74, 6) is -0.348. The van der Waals surface area contributed by atoms with Crippen molar-refractivity contribution in [2.45, 2.75) is 57.6 Å². The Morgan fingerprint density at radius 3 is 2.88 bits per heavy atom. The minimum Gasteiger partial charge on any atom is -0.377 e. The van der Waals surface area contributed by atoms with Crippen LogP contribution in [0.4, 0.5) is 9.93 Å². The van der Waals surface area contributed by atoms with Crippen LogP contribution in [-0.4, -0.2) is 104 Å². The van der Waals surface area contributed by atoms with E-state index in [2.05, 4.69) is 26.6 Å². The van der Waals surface area contributed by atoms with Gasteiger partial charge < -0.3 is 25.6 Å². The third-order valence-corrected chi connectivity index (χ3v) is 10.1. The van der Waals surface area contributed by atoms with Crippen LogP contribution in [0.2, 0.25) is 0 Å². The van der Waals surface area contributed by atoms with E-state index in [1.807, 2.05) is 67.4 Å². The fourth-order valence-corrected chi connectivity index (χ4v) is 7.70. The van der Waals surface area contributed by atoms with Crippen LogP contribution in [0, 0.1) is 0 Å². The quantitative estimate of drug-likeness (QED) is 0.245. The number of piperazine rings is 1. The molecule has 4 heterocycles. The van der Waals surface area contributed by atoms with Crippen molar-refractivity contribution in [2.75, 3.05) is 32.5 Å². The molecule has 1 unspecified atom stereocenters. The van der Waals surface area contributed by atoms with Crippen molar-refractivity contribution < 1.29 is 19.1 Å². The number of hydrogen-bond donors (Lipinski definition) is 3. The van der Waals surface area contributed by atoms with E-state index in [1.165, 1.54) is 11.3 Å². The first kappa shape index (κ1) is 31.8. The number of aromatic amines is 1. The van der Waals surface area contributed by atoms with E-state index < -0.39 is 12.2 Å². The third-order valence-electron chi connectivity index (χ3n) is 9.24. The molecule has 14 heteroatoms. The van der Waals surface area contributed by atoms with E-state index in [0.29, 0.717) is 24.6 Å². The van der Waals surface area contributed by atoms with Crippen molar-refractivity contribution in [1.82, 2.24) is 40.3 Å². The van der Waals surface area contributed by atoms with Crippen LogP contribution >= 0.6 is 11.3 Å². The summed E-state index contributed by atoms with van der Waals surface area (Å²) < 4.78 is 6.34. The number of ether oxygens (including phenoxy) is 1. The highest BCUT2D eigenvalue weighted by atomic mass is 32.1. The summed E-state index contributed by atoms with van der Waals surface area (Å²) in [7, 11) is 1.68. The summed E-state index contributed by atoms with van der Waals surface area (Å²) in [6.45, 7) is 4.68. The van der Waals surface area contributed by atoms with Crippen molar-refractivity contribution in [1.29, 1.82) is 0 Å². The second-order valence-electron chi connectivity index (χ2n) is 12.7. The molecule has 0 radical (unpaired) electrons. The highest BCUT2D eigenvalue weighted by Gasteiger charge is 2.52. The molecular weight excluding hydrogens is 631 g/mol. The van der Waals surface area contributed by atoms with Crippen LogP contribution in [-0.2, 0) is 27.3 Å². The van der Waals surface area contributed by atoms with E-state index in [0.717, 1.165) is 44.2 Å². The summed E-state index contributed by atoms with van der Waals surface area (Å²) in [6, 6.07) is 10.4. The number of aromatic nitrogens is 3. The SMILES string of the molecule is COC1C=CC(CNC(=O)N(C(C)C)N2CC(=O)N3[C@@H](Cc4ccc5[nH]ncc5c4)C(=O)N(Cc4cccc5sc(N)nc45)C[C@@H]32)=CC1. The number of nitrogens with one attached hydrogen (secondary N) is 2. The lowest BCUT2D eigenvalue weighted by Crippen LogP contribution is -2.66. The molecule has 3 atom stereocenters. The Morgan fingerprint density at radius 2 is 2.10 bits per heavy atom. The molecule has 13 nitrogen and oxygen atoms in total. The predicted molar refractivity (Wildman–Crippen MR) is 183 cm³/mol. The number of thiazole rings is 1. The fraction of sp³-hybridized carbons (Fsp3) is 0.382. The summed E-state index contributed by atoms with van der Waals surface area (Å²) in [4.78, 5) is 50.1. The molecule has 2 saturated heterocycles. The van der Waals surface area contributed by atoms with Gasteiger partial charge in [-0.3, -0.25) is 19.7 Å². The van der Waals surface area contributed by atoms with Gasteiger partial charge in [0.15, 0.2) is 5.13 Å². The molecule has 4 N–H and O–H groups in total. The monoisotopic (exact) mass is 669 g/mol. The maximum Gasteiger partial charge on any atom is 0.332 e. The van der Waals surface area contributed by atoms with Crippen molar-refractivity contribution in [2.24, 2.45) is 0 Å².